The molecule has 1 saturated carbocycles. The molecule has 4 nitrogen and oxygen atoms in total. The van der Waals surface area contributed by atoms with Crippen molar-refractivity contribution in [3.8, 4) is 0 Å². The first-order valence-electron chi connectivity index (χ1n) is 6.85. The minimum Gasteiger partial charge on any atom is -0.383 e. The van der Waals surface area contributed by atoms with E-state index in [0.717, 1.165) is 18.4 Å². The lowest BCUT2D eigenvalue weighted by atomic mass is 9.95. The standard InChI is InChI=1S/C16H16FN3O/c17-13-4-2-1-3-12(13)16(6-7-16)10-20-14-5-8-19-9-11(14)15(18)21/h1-5,8-9H,6-7,10H2,(H2,18,21)(H,19,20). The Morgan fingerprint density at radius 2 is 2.10 bits per heavy atom. The fourth-order valence-electron chi connectivity index (χ4n) is 2.59. The van der Waals surface area contributed by atoms with Crippen LogP contribution in [0.1, 0.15) is 28.8 Å². The Balaban J connectivity index is 1.80. The maximum atomic E-state index is 13.9. The Hall–Kier alpha value is -2.43. The van der Waals surface area contributed by atoms with E-state index in [0.29, 0.717) is 17.8 Å². The Kier molecular flexibility index (Phi) is 3.33. The van der Waals surface area contributed by atoms with Crippen LogP contribution < -0.4 is 11.1 Å². The predicted molar refractivity (Wildman–Crippen MR) is 78.6 cm³/mol. The molecule has 1 aromatic carbocycles. The Labute approximate surface area is 122 Å². The van der Waals surface area contributed by atoms with Crippen LogP contribution in [0.25, 0.3) is 0 Å². The van der Waals surface area contributed by atoms with E-state index >= 15 is 0 Å². The second-order valence-electron chi connectivity index (χ2n) is 5.40. The van der Waals surface area contributed by atoms with Gasteiger partial charge in [-0.25, -0.2) is 4.39 Å². The van der Waals surface area contributed by atoms with Gasteiger partial charge in [0, 0.05) is 24.4 Å². The molecule has 3 rings (SSSR count). The largest absolute Gasteiger partial charge is 0.383 e. The number of hydrogen-bond donors (Lipinski definition) is 2. The van der Waals surface area contributed by atoms with Crippen molar-refractivity contribution >= 4 is 11.6 Å². The molecule has 1 amide bonds. The quantitative estimate of drug-likeness (QED) is 0.886. The summed E-state index contributed by atoms with van der Waals surface area (Å²) < 4.78 is 13.9. The molecular formula is C16H16FN3O. The molecule has 1 heterocycles. The maximum Gasteiger partial charge on any atom is 0.252 e. The topological polar surface area (TPSA) is 68.0 Å². The van der Waals surface area contributed by atoms with Crippen LogP contribution in [0.5, 0.6) is 0 Å². The summed E-state index contributed by atoms with van der Waals surface area (Å²) >= 11 is 0. The zero-order valence-electron chi connectivity index (χ0n) is 11.5. The van der Waals surface area contributed by atoms with Crippen molar-refractivity contribution in [1.29, 1.82) is 0 Å². The number of aromatic nitrogens is 1. The third kappa shape index (κ3) is 2.59. The average Bonchev–Trinajstić information content (AvgIpc) is 3.27. The highest BCUT2D eigenvalue weighted by molar-refractivity contribution is 5.98. The maximum absolute atomic E-state index is 13.9. The molecular weight excluding hydrogens is 269 g/mol. The lowest BCUT2D eigenvalue weighted by Crippen LogP contribution is -2.23. The second-order valence-corrected chi connectivity index (χ2v) is 5.40. The predicted octanol–water partition coefficient (Wildman–Crippen LogP) is 2.46. The molecule has 3 N–H and O–H groups in total. The van der Waals surface area contributed by atoms with Crippen LogP contribution in [0.3, 0.4) is 0 Å². The first-order valence-corrected chi connectivity index (χ1v) is 6.85. The molecule has 21 heavy (non-hydrogen) atoms. The van der Waals surface area contributed by atoms with Gasteiger partial charge in [0.05, 0.1) is 11.3 Å². The van der Waals surface area contributed by atoms with E-state index in [1.807, 2.05) is 12.1 Å². The molecule has 0 spiro atoms. The number of anilines is 1. The number of carbonyl (C=O) groups is 1. The summed E-state index contributed by atoms with van der Waals surface area (Å²) in [6.07, 6.45) is 4.89. The van der Waals surface area contributed by atoms with Gasteiger partial charge in [0.15, 0.2) is 0 Å². The molecule has 0 saturated heterocycles. The summed E-state index contributed by atoms with van der Waals surface area (Å²) in [6, 6.07) is 8.55. The van der Waals surface area contributed by atoms with Gasteiger partial charge in [-0.1, -0.05) is 18.2 Å². The van der Waals surface area contributed by atoms with E-state index < -0.39 is 5.91 Å². The van der Waals surface area contributed by atoms with E-state index in [9.17, 15) is 9.18 Å². The highest BCUT2D eigenvalue weighted by Crippen LogP contribution is 2.49. The Morgan fingerprint density at radius 3 is 2.76 bits per heavy atom. The fraction of sp³-hybridized carbons (Fsp3) is 0.250. The fourth-order valence-corrected chi connectivity index (χ4v) is 2.59. The first-order chi connectivity index (χ1) is 10.1. The highest BCUT2D eigenvalue weighted by atomic mass is 19.1. The molecule has 0 aliphatic heterocycles. The Bertz CT molecular complexity index is 683. The molecule has 0 unspecified atom stereocenters. The van der Waals surface area contributed by atoms with Gasteiger partial charge in [0.2, 0.25) is 0 Å². The van der Waals surface area contributed by atoms with Crippen LogP contribution in [0.4, 0.5) is 10.1 Å². The molecule has 2 aromatic rings. The highest BCUT2D eigenvalue weighted by Gasteiger charge is 2.45. The van der Waals surface area contributed by atoms with Crippen molar-refractivity contribution in [3.05, 3.63) is 59.7 Å². The number of carbonyl (C=O) groups excluding carboxylic acids is 1. The Morgan fingerprint density at radius 1 is 1.33 bits per heavy atom. The summed E-state index contributed by atoms with van der Waals surface area (Å²) in [7, 11) is 0. The number of amides is 1. The van der Waals surface area contributed by atoms with Gasteiger partial charge in [-0.05, 0) is 30.5 Å². The van der Waals surface area contributed by atoms with Crippen LogP contribution in [-0.4, -0.2) is 17.4 Å². The summed E-state index contributed by atoms with van der Waals surface area (Å²) in [6.45, 7) is 0.568. The van der Waals surface area contributed by atoms with Crippen molar-refractivity contribution in [2.75, 3.05) is 11.9 Å². The third-order valence-corrected chi connectivity index (χ3v) is 4.00. The van der Waals surface area contributed by atoms with Crippen molar-refractivity contribution in [2.24, 2.45) is 5.73 Å². The summed E-state index contributed by atoms with van der Waals surface area (Å²) in [5.41, 5.74) is 6.85. The number of nitrogens with two attached hydrogens (primary N) is 1. The minimum absolute atomic E-state index is 0.179. The van der Waals surface area contributed by atoms with E-state index in [2.05, 4.69) is 10.3 Å². The van der Waals surface area contributed by atoms with Crippen molar-refractivity contribution in [2.45, 2.75) is 18.3 Å². The van der Waals surface area contributed by atoms with E-state index in [4.69, 9.17) is 5.73 Å². The lowest BCUT2D eigenvalue weighted by Gasteiger charge is -2.19. The molecule has 5 heteroatoms. The summed E-state index contributed by atoms with van der Waals surface area (Å²) in [5, 5.41) is 3.22. The molecule has 1 fully saturated rings. The van der Waals surface area contributed by atoms with Crippen molar-refractivity contribution in [1.82, 2.24) is 4.98 Å². The molecule has 1 aromatic heterocycles. The van der Waals surface area contributed by atoms with E-state index in [1.54, 1.807) is 18.3 Å². The zero-order chi connectivity index (χ0) is 14.9. The number of primary amides is 1. The van der Waals surface area contributed by atoms with Gasteiger partial charge in [-0.3, -0.25) is 9.78 Å². The number of rotatable bonds is 5. The monoisotopic (exact) mass is 285 g/mol. The van der Waals surface area contributed by atoms with Gasteiger partial charge < -0.3 is 11.1 Å². The SMILES string of the molecule is NC(=O)c1cnccc1NCC1(c2ccccc2F)CC1. The number of nitrogens with zero attached hydrogens (tertiary/aromatic N) is 1. The smallest absolute Gasteiger partial charge is 0.252 e. The minimum atomic E-state index is -0.527. The second kappa shape index (κ2) is 5.16. The van der Waals surface area contributed by atoms with Crippen molar-refractivity contribution < 1.29 is 9.18 Å². The molecule has 108 valence electrons. The van der Waals surface area contributed by atoms with Gasteiger partial charge in [-0.15, -0.1) is 0 Å². The molecule has 1 aliphatic rings. The average molecular weight is 285 g/mol. The van der Waals surface area contributed by atoms with Crippen LogP contribution in [0.2, 0.25) is 0 Å². The molecule has 0 atom stereocenters. The van der Waals surface area contributed by atoms with Gasteiger partial charge in [0.1, 0.15) is 5.82 Å². The number of pyridine rings is 1. The number of nitrogens with one attached hydrogen (secondary N) is 1. The molecule has 1 aliphatic carbocycles. The molecule has 0 radical (unpaired) electrons. The van der Waals surface area contributed by atoms with Crippen LogP contribution in [0, 0.1) is 5.82 Å². The number of hydrogen-bond acceptors (Lipinski definition) is 3. The number of halogens is 1. The van der Waals surface area contributed by atoms with Crippen LogP contribution >= 0.6 is 0 Å². The van der Waals surface area contributed by atoms with E-state index in [1.165, 1.54) is 12.3 Å². The van der Waals surface area contributed by atoms with Crippen molar-refractivity contribution in [3.63, 3.8) is 0 Å². The van der Waals surface area contributed by atoms with Gasteiger partial charge >= 0.3 is 0 Å². The van der Waals surface area contributed by atoms with Gasteiger partial charge in [0.25, 0.3) is 5.91 Å². The number of benzene rings is 1. The first kappa shape index (κ1) is 13.5. The van der Waals surface area contributed by atoms with Gasteiger partial charge in [-0.2, -0.15) is 0 Å². The lowest BCUT2D eigenvalue weighted by molar-refractivity contribution is 0.100. The van der Waals surface area contributed by atoms with Crippen LogP contribution in [0.15, 0.2) is 42.7 Å². The normalized spacial score (nSPS) is 15.5. The summed E-state index contributed by atoms with van der Waals surface area (Å²) in [5.74, 6) is -0.706. The zero-order valence-corrected chi connectivity index (χ0v) is 11.5. The summed E-state index contributed by atoms with van der Waals surface area (Å²) in [4.78, 5) is 15.3. The van der Waals surface area contributed by atoms with E-state index in [-0.39, 0.29) is 11.2 Å². The molecule has 0 bridgehead atoms. The third-order valence-electron chi connectivity index (χ3n) is 4.00. The van der Waals surface area contributed by atoms with Crippen LogP contribution in [-0.2, 0) is 5.41 Å².